The van der Waals surface area contributed by atoms with Gasteiger partial charge in [-0.05, 0) is 25.2 Å². The van der Waals surface area contributed by atoms with Gasteiger partial charge < -0.3 is 0 Å². The maximum atomic E-state index is 10.8. The van der Waals surface area contributed by atoms with Gasteiger partial charge in [-0.1, -0.05) is 24.8 Å². The SMILES string of the molecule is CC/C=C(\C)C(=O)SC. The van der Waals surface area contributed by atoms with E-state index >= 15 is 0 Å². The van der Waals surface area contributed by atoms with Crippen molar-refractivity contribution in [1.82, 2.24) is 0 Å². The minimum atomic E-state index is 0.178. The van der Waals surface area contributed by atoms with Crippen molar-refractivity contribution in [1.29, 1.82) is 0 Å². The van der Waals surface area contributed by atoms with E-state index < -0.39 is 0 Å². The van der Waals surface area contributed by atoms with Gasteiger partial charge in [-0.15, -0.1) is 0 Å². The van der Waals surface area contributed by atoms with Gasteiger partial charge in [0.15, 0.2) is 0 Å². The molecule has 0 aliphatic heterocycles. The Morgan fingerprint density at radius 2 is 2.22 bits per heavy atom. The zero-order chi connectivity index (χ0) is 7.28. The van der Waals surface area contributed by atoms with Crippen molar-refractivity contribution < 1.29 is 4.79 Å². The van der Waals surface area contributed by atoms with Gasteiger partial charge in [-0.25, -0.2) is 0 Å². The minimum Gasteiger partial charge on any atom is -0.282 e. The van der Waals surface area contributed by atoms with E-state index in [4.69, 9.17) is 0 Å². The molecule has 0 radical (unpaired) electrons. The van der Waals surface area contributed by atoms with Gasteiger partial charge in [-0.2, -0.15) is 0 Å². The zero-order valence-corrected chi connectivity index (χ0v) is 6.92. The van der Waals surface area contributed by atoms with E-state index in [1.165, 1.54) is 11.8 Å². The first-order chi connectivity index (χ1) is 4.22. The molecule has 0 aromatic carbocycles. The summed E-state index contributed by atoms with van der Waals surface area (Å²) >= 11 is 1.27. The van der Waals surface area contributed by atoms with E-state index in [1.54, 1.807) is 6.26 Å². The molecule has 0 aromatic heterocycles. The molecular weight excluding hydrogens is 132 g/mol. The number of hydrogen-bond donors (Lipinski definition) is 0. The second-order valence-corrected chi connectivity index (χ2v) is 2.57. The highest BCUT2D eigenvalue weighted by atomic mass is 32.2. The molecule has 0 spiro atoms. The fraction of sp³-hybridized carbons (Fsp3) is 0.571. The number of rotatable bonds is 2. The van der Waals surface area contributed by atoms with Gasteiger partial charge >= 0.3 is 0 Å². The van der Waals surface area contributed by atoms with E-state index in [1.807, 2.05) is 19.9 Å². The van der Waals surface area contributed by atoms with Gasteiger partial charge in [0.25, 0.3) is 0 Å². The van der Waals surface area contributed by atoms with Crippen molar-refractivity contribution in [3.63, 3.8) is 0 Å². The molecule has 52 valence electrons. The smallest absolute Gasteiger partial charge is 0.214 e. The molecule has 0 aromatic rings. The van der Waals surface area contributed by atoms with E-state index in [2.05, 4.69) is 0 Å². The first-order valence-electron chi connectivity index (χ1n) is 2.97. The van der Waals surface area contributed by atoms with Crippen molar-refractivity contribution in [3.05, 3.63) is 11.6 Å². The predicted molar refractivity (Wildman–Crippen MR) is 42.6 cm³/mol. The molecule has 0 amide bonds. The lowest BCUT2D eigenvalue weighted by Gasteiger charge is -1.92. The van der Waals surface area contributed by atoms with Crippen molar-refractivity contribution >= 4 is 16.9 Å². The van der Waals surface area contributed by atoms with Crippen LogP contribution >= 0.6 is 11.8 Å². The second kappa shape index (κ2) is 4.62. The largest absolute Gasteiger partial charge is 0.282 e. The highest BCUT2D eigenvalue weighted by Gasteiger charge is 1.98. The summed E-state index contributed by atoms with van der Waals surface area (Å²) in [6, 6.07) is 0. The molecule has 0 aliphatic rings. The average Bonchev–Trinajstić information content (AvgIpc) is 1.87. The van der Waals surface area contributed by atoms with Crippen LogP contribution in [0.3, 0.4) is 0 Å². The van der Waals surface area contributed by atoms with Gasteiger partial charge in [0.05, 0.1) is 0 Å². The van der Waals surface area contributed by atoms with E-state index in [0.29, 0.717) is 0 Å². The molecule has 0 bridgehead atoms. The van der Waals surface area contributed by atoms with Crippen LogP contribution in [0, 0.1) is 0 Å². The molecule has 9 heavy (non-hydrogen) atoms. The van der Waals surface area contributed by atoms with Crippen LogP contribution in [0.1, 0.15) is 20.3 Å². The molecule has 0 rings (SSSR count). The van der Waals surface area contributed by atoms with E-state index in [-0.39, 0.29) is 5.12 Å². The summed E-state index contributed by atoms with van der Waals surface area (Å²) in [6.45, 7) is 3.87. The van der Waals surface area contributed by atoms with Crippen molar-refractivity contribution in [2.45, 2.75) is 20.3 Å². The molecular formula is C7H12OS. The third kappa shape index (κ3) is 3.36. The summed E-state index contributed by atoms with van der Waals surface area (Å²) in [7, 11) is 0. The molecule has 0 heterocycles. The summed E-state index contributed by atoms with van der Waals surface area (Å²) in [4.78, 5) is 10.8. The van der Waals surface area contributed by atoms with Crippen molar-refractivity contribution in [2.24, 2.45) is 0 Å². The summed E-state index contributed by atoms with van der Waals surface area (Å²) in [5.74, 6) is 0. The van der Waals surface area contributed by atoms with Crippen LogP contribution in [0.15, 0.2) is 11.6 Å². The van der Waals surface area contributed by atoms with Gasteiger partial charge in [0, 0.05) is 0 Å². The van der Waals surface area contributed by atoms with Crippen LogP contribution in [-0.2, 0) is 4.79 Å². The Morgan fingerprint density at radius 3 is 2.56 bits per heavy atom. The van der Waals surface area contributed by atoms with Gasteiger partial charge in [0.1, 0.15) is 0 Å². The summed E-state index contributed by atoms with van der Waals surface area (Å²) in [5.41, 5.74) is 0.866. The third-order valence-corrected chi connectivity index (χ3v) is 1.71. The summed E-state index contributed by atoms with van der Waals surface area (Å²) in [6.07, 6.45) is 4.69. The van der Waals surface area contributed by atoms with Crippen LogP contribution in [0.4, 0.5) is 0 Å². The Labute approximate surface area is 60.5 Å². The standard InChI is InChI=1S/C7H12OS/c1-4-5-6(2)7(8)9-3/h5H,4H2,1-3H3/b6-5+. The van der Waals surface area contributed by atoms with E-state index in [0.717, 1.165) is 12.0 Å². The number of hydrogen-bond acceptors (Lipinski definition) is 2. The Morgan fingerprint density at radius 1 is 1.67 bits per heavy atom. The highest BCUT2D eigenvalue weighted by molar-refractivity contribution is 8.13. The minimum absolute atomic E-state index is 0.178. The summed E-state index contributed by atoms with van der Waals surface area (Å²) in [5, 5.41) is 0.178. The maximum absolute atomic E-state index is 10.8. The van der Waals surface area contributed by atoms with Crippen LogP contribution in [0.5, 0.6) is 0 Å². The zero-order valence-electron chi connectivity index (χ0n) is 6.10. The first-order valence-corrected chi connectivity index (χ1v) is 4.20. The molecule has 0 N–H and O–H groups in total. The monoisotopic (exact) mass is 144 g/mol. The molecule has 0 fully saturated rings. The predicted octanol–water partition coefficient (Wildman–Crippen LogP) is 2.23. The van der Waals surface area contributed by atoms with Crippen molar-refractivity contribution in [2.75, 3.05) is 6.26 Å². The molecule has 0 atom stereocenters. The van der Waals surface area contributed by atoms with Crippen LogP contribution in [0.25, 0.3) is 0 Å². The number of carbonyl (C=O) groups excluding carboxylic acids is 1. The lowest BCUT2D eigenvalue weighted by Crippen LogP contribution is -1.90. The second-order valence-electron chi connectivity index (χ2n) is 1.79. The number of carbonyl (C=O) groups is 1. The number of allylic oxidation sites excluding steroid dienone is 1. The molecule has 0 saturated heterocycles. The molecule has 2 heteroatoms. The van der Waals surface area contributed by atoms with Gasteiger partial charge in [-0.3, -0.25) is 4.79 Å². The molecule has 0 saturated carbocycles. The molecule has 1 nitrogen and oxygen atoms in total. The first kappa shape index (κ1) is 8.76. The van der Waals surface area contributed by atoms with Crippen LogP contribution in [-0.4, -0.2) is 11.4 Å². The average molecular weight is 144 g/mol. The van der Waals surface area contributed by atoms with Crippen LogP contribution in [0.2, 0.25) is 0 Å². The highest BCUT2D eigenvalue weighted by Crippen LogP contribution is 2.05. The lowest BCUT2D eigenvalue weighted by atomic mass is 10.3. The van der Waals surface area contributed by atoms with Crippen molar-refractivity contribution in [3.8, 4) is 0 Å². The Kier molecular flexibility index (Phi) is 4.50. The Balaban J connectivity index is 3.86. The normalized spacial score (nSPS) is 11.7. The molecule has 0 unspecified atom stereocenters. The number of thioether (sulfide) groups is 1. The Hall–Kier alpha value is -0.240. The lowest BCUT2D eigenvalue weighted by molar-refractivity contribution is -0.107. The molecule has 0 aliphatic carbocycles. The fourth-order valence-electron chi connectivity index (χ4n) is 0.551. The Bertz CT molecular complexity index is 127. The maximum Gasteiger partial charge on any atom is 0.214 e. The topological polar surface area (TPSA) is 17.1 Å². The fourth-order valence-corrected chi connectivity index (χ4v) is 0.956. The third-order valence-electron chi connectivity index (χ3n) is 1.02. The summed E-state index contributed by atoms with van der Waals surface area (Å²) < 4.78 is 0. The van der Waals surface area contributed by atoms with Crippen LogP contribution < -0.4 is 0 Å². The van der Waals surface area contributed by atoms with E-state index in [9.17, 15) is 4.79 Å². The quantitative estimate of drug-likeness (QED) is 0.553. The van der Waals surface area contributed by atoms with Gasteiger partial charge in [0.2, 0.25) is 5.12 Å².